The van der Waals surface area contributed by atoms with E-state index < -0.39 is 48.9 Å². The molecule has 310 valence electrons. The number of carbonyl (C=O) groups excluding carboxylic acids is 3. The molecule has 0 aromatic rings. The summed E-state index contributed by atoms with van der Waals surface area (Å²) in [4.78, 5) is 37.2. The molecule has 0 aromatic carbocycles. The second-order valence-corrected chi connectivity index (χ2v) is 16.0. The molecule has 1 aliphatic rings. The number of aliphatic hydroxyl groups excluding tert-OH is 4. The Morgan fingerprint density at radius 3 is 1.81 bits per heavy atom. The van der Waals surface area contributed by atoms with E-state index in [0.29, 0.717) is 19.3 Å². The topological polar surface area (TPSA) is 151 Å². The van der Waals surface area contributed by atoms with Gasteiger partial charge in [0.2, 0.25) is 0 Å². The lowest BCUT2D eigenvalue weighted by molar-refractivity contribution is -0.161. The molecule has 1 fully saturated rings. The molecule has 1 saturated carbocycles. The molecule has 0 radical (unpaired) electrons. The van der Waals surface area contributed by atoms with Crippen molar-refractivity contribution in [2.24, 2.45) is 17.8 Å². The van der Waals surface area contributed by atoms with Gasteiger partial charge in [-0.25, -0.2) is 0 Å². The molecule has 0 heterocycles. The zero-order chi connectivity index (χ0) is 39.1. The standard InChI is InChI=1S/C44H80O9/c1-4-6-19-25-36(46)29-30-39-40(42(49)32-41(39)48)31-37(47)26-22-23-27-43(50)52-34-38(33-45)53-44(51)28-21-18-16-14-12-10-8-7-9-11-13-15-17-20-24-35(3)5-2/h29-30,35-36,38-42,45-46,48-49H,4-28,31-34H2,1-3H3/b30-29+/t35?,36-,38-,39+,40+,41+,42-/m0/s1. The predicted octanol–water partition coefficient (Wildman–Crippen LogP) is 9.10. The van der Waals surface area contributed by atoms with Gasteiger partial charge in [0.1, 0.15) is 12.4 Å². The van der Waals surface area contributed by atoms with Crippen LogP contribution in [-0.2, 0) is 23.9 Å². The van der Waals surface area contributed by atoms with Gasteiger partial charge in [-0.1, -0.05) is 148 Å². The molecule has 53 heavy (non-hydrogen) atoms. The van der Waals surface area contributed by atoms with Crippen LogP contribution < -0.4 is 0 Å². The first-order valence-electron chi connectivity index (χ1n) is 21.8. The Morgan fingerprint density at radius 2 is 1.23 bits per heavy atom. The monoisotopic (exact) mass is 753 g/mol. The molecular weight excluding hydrogens is 672 g/mol. The minimum atomic E-state index is -0.893. The van der Waals surface area contributed by atoms with Crippen molar-refractivity contribution in [3.05, 3.63) is 12.2 Å². The van der Waals surface area contributed by atoms with E-state index in [-0.39, 0.29) is 50.4 Å². The van der Waals surface area contributed by atoms with E-state index in [9.17, 15) is 34.8 Å². The second-order valence-electron chi connectivity index (χ2n) is 16.0. The van der Waals surface area contributed by atoms with E-state index >= 15 is 0 Å². The lowest BCUT2D eigenvalue weighted by Crippen LogP contribution is -2.28. The van der Waals surface area contributed by atoms with Crippen molar-refractivity contribution < 1.29 is 44.3 Å². The number of ether oxygens (including phenoxy) is 2. The third kappa shape index (κ3) is 25.8. The molecule has 0 spiro atoms. The maximum absolute atomic E-state index is 12.7. The highest BCUT2D eigenvalue weighted by atomic mass is 16.6. The summed E-state index contributed by atoms with van der Waals surface area (Å²) < 4.78 is 10.5. The number of carbonyl (C=O) groups is 3. The van der Waals surface area contributed by atoms with Crippen LogP contribution in [0.25, 0.3) is 0 Å². The SMILES string of the molecule is CCCCC[C@H](O)/C=C/[C@@H]1[C@@H](CC(=O)CCCCC(=O)OC[C@H](CO)OC(=O)CCCCCCCCCCCCCCCCC(C)CC)[C@@H](O)C[C@H]1O. The van der Waals surface area contributed by atoms with Gasteiger partial charge in [-0.2, -0.15) is 0 Å². The summed E-state index contributed by atoms with van der Waals surface area (Å²) in [6, 6.07) is 0. The van der Waals surface area contributed by atoms with Crippen LogP contribution in [0.5, 0.6) is 0 Å². The van der Waals surface area contributed by atoms with Gasteiger partial charge in [-0.05, 0) is 31.6 Å². The van der Waals surface area contributed by atoms with Gasteiger partial charge < -0.3 is 29.9 Å². The summed E-state index contributed by atoms with van der Waals surface area (Å²) in [5, 5.41) is 40.7. The fraction of sp³-hybridized carbons (Fsp3) is 0.886. The highest BCUT2D eigenvalue weighted by molar-refractivity contribution is 5.79. The summed E-state index contributed by atoms with van der Waals surface area (Å²) >= 11 is 0. The van der Waals surface area contributed by atoms with Crippen LogP contribution >= 0.6 is 0 Å². The predicted molar refractivity (Wildman–Crippen MR) is 212 cm³/mol. The lowest BCUT2D eigenvalue weighted by Gasteiger charge is -2.20. The van der Waals surface area contributed by atoms with Crippen molar-refractivity contribution in [2.45, 2.75) is 219 Å². The van der Waals surface area contributed by atoms with Gasteiger partial charge in [0.15, 0.2) is 6.10 Å². The number of hydrogen-bond acceptors (Lipinski definition) is 9. The average molecular weight is 753 g/mol. The number of hydrogen-bond donors (Lipinski definition) is 4. The van der Waals surface area contributed by atoms with E-state index in [1.165, 1.54) is 83.5 Å². The molecule has 0 aliphatic heterocycles. The molecule has 1 unspecified atom stereocenters. The molecule has 0 amide bonds. The maximum Gasteiger partial charge on any atom is 0.306 e. The molecule has 4 N–H and O–H groups in total. The first-order valence-corrected chi connectivity index (χ1v) is 21.8. The molecule has 7 atom stereocenters. The Bertz CT molecular complexity index is 953. The minimum absolute atomic E-state index is 0.0416. The van der Waals surface area contributed by atoms with Gasteiger partial charge in [0, 0.05) is 43.9 Å². The number of ketones is 1. The highest BCUT2D eigenvalue weighted by Crippen LogP contribution is 2.36. The molecule has 9 nitrogen and oxygen atoms in total. The van der Waals surface area contributed by atoms with Crippen LogP contribution in [0.3, 0.4) is 0 Å². The Labute approximate surface area is 323 Å². The minimum Gasteiger partial charge on any atom is -0.462 e. The number of rotatable bonds is 35. The molecular formula is C44H80O9. The van der Waals surface area contributed by atoms with Crippen LogP contribution in [0.15, 0.2) is 12.2 Å². The summed E-state index contributed by atoms with van der Waals surface area (Å²) in [7, 11) is 0. The number of Topliss-reactive ketones (excluding diaryl/α,β-unsaturated/α-hetero) is 1. The van der Waals surface area contributed by atoms with Crippen molar-refractivity contribution in [2.75, 3.05) is 13.2 Å². The zero-order valence-corrected chi connectivity index (χ0v) is 34.0. The van der Waals surface area contributed by atoms with Crippen molar-refractivity contribution >= 4 is 17.7 Å². The summed E-state index contributed by atoms with van der Waals surface area (Å²) in [6.45, 7) is 6.10. The quantitative estimate of drug-likeness (QED) is 0.0282. The highest BCUT2D eigenvalue weighted by Gasteiger charge is 2.41. The molecule has 9 heteroatoms. The van der Waals surface area contributed by atoms with Crippen LogP contribution in [0, 0.1) is 17.8 Å². The van der Waals surface area contributed by atoms with E-state index in [1.807, 2.05) is 0 Å². The van der Waals surface area contributed by atoms with Gasteiger partial charge in [0.05, 0.1) is 24.9 Å². The normalized spacial score (nSPS) is 20.4. The maximum atomic E-state index is 12.7. The van der Waals surface area contributed by atoms with E-state index in [2.05, 4.69) is 20.8 Å². The third-order valence-corrected chi connectivity index (χ3v) is 11.1. The second kappa shape index (κ2) is 32.4. The number of aliphatic hydroxyl groups is 4. The fourth-order valence-electron chi connectivity index (χ4n) is 7.29. The largest absolute Gasteiger partial charge is 0.462 e. The Morgan fingerprint density at radius 1 is 0.698 bits per heavy atom. The molecule has 1 aliphatic carbocycles. The van der Waals surface area contributed by atoms with Crippen molar-refractivity contribution in [3.8, 4) is 0 Å². The van der Waals surface area contributed by atoms with Gasteiger partial charge in [-0.15, -0.1) is 0 Å². The van der Waals surface area contributed by atoms with E-state index in [0.717, 1.165) is 44.4 Å². The fourth-order valence-corrected chi connectivity index (χ4v) is 7.29. The molecule has 0 bridgehead atoms. The molecule has 0 aromatic heterocycles. The van der Waals surface area contributed by atoms with E-state index in [1.54, 1.807) is 12.2 Å². The Balaban J connectivity index is 2.08. The van der Waals surface area contributed by atoms with Crippen molar-refractivity contribution in [3.63, 3.8) is 0 Å². The smallest absolute Gasteiger partial charge is 0.306 e. The van der Waals surface area contributed by atoms with Gasteiger partial charge in [0.25, 0.3) is 0 Å². The first-order chi connectivity index (χ1) is 25.6. The lowest BCUT2D eigenvalue weighted by atomic mass is 9.87. The van der Waals surface area contributed by atoms with Crippen LogP contribution in [0.2, 0.25) is 0 Å². The summed E-state index contributed by atoms with van der Waals surface area (Å²) in [6.07, 6.45) is 26.1. The van der Waals surface area contributed by atoms with Crippen molar-refractivity contribution in [1.82, 2.24) is 0 Å². The average Bonchev–Trinajstić information content (AvgIpc) is 3.40. The van der Waals surface area contributed by atoms with Crippen LogP contribution in [0.1, 0.15) is 194 Å². The Kier molecular flexibility index (Phi) is 30.1. The van der Waals surface area contributed by atoms with E-state index in [4.69, 9.17) is 9.47 Å². The molecule has 0 saturated heterocycles. The summed E-state index contributed by atoms with van der Waals surface area (Å²) in [5.41, 5.74) is 0. The van der Waals surface area contributed by atoms with Crippen LogP contribution in [-0.4, -0.2) is 75.8 Å². The number of unbranched alkanes of at least 4 members (excludes halogenated alkanes) is 16. The van der Waals surface area contributed by atoms with Crippen molar-refractivity contribution in [1.29, 1.82) is 0 Å². The first kappa shape index (κ1) is 49.2. The third-order valence-electron chi connectivity index (χ3n) is 11.1. The van der Waals surface area contributed by atoms with Gasteiger partial charge >= 0.3 is 11.9 Å². The Hall–Kier alpha value is -1.81. The number of esters is 2. The molecule has 1 rings (SSSR count). The van der Waals surface area contributed by atoms with Crippen LogP contribution in [0.4, 0.5) is 0 Å². The zero-order valence-electron chi connectivity index (χ0n) is 34.0. The van der Waals surface area contributed by atoms with Gasteiger partial charge in [-0.3, -0.25) is 14.4 Å². The summed E-state index contributed by atoms with van der Waals surface area (Å²) in [5.74, 6) is -0.825.